The van der Waals surface area contributed by atoms with Crippen LogP contribution in [-0.4, -0.2) is 32.1 Å². The van der Waals surface area contributed by atoms with Crippen molar-refractivity contribution in [1.82, 2.24) is 5.32 Å². The fraction of sp³-hybridized carbons (Fsp3) is 0.200. The lowest BCUT2D eigenvalue weighted by Gasteiger charge is -2.17. The van der Waals surface area contributed by atoms with Gasteiger partial charge in [0, 0.05) is 12.0 Å². The van der Waals surface area contributed by atoms with E-state index >= 15 is 0 Å². The molecule has 0 spiro atoms. The van der Waals surface area contributed by atoms with Gasteiger partial charge in [-0.1, -0.05) is 42.5 Å². The van der Waals surface area contributed by atoms with Crippen LogP contribution in [0, 0.1) is 0 Å². The highest BCUT2D eigenvalue weighted by molar-refractivity contribution is 5.96. The maximum absolute atomic E-state index is 12.6. The van der Waals surface area contributed by atoms with E-state index < -0.39 is 12.0 Å². The first kappa shape index (κ1) is 21.9. The number of nitrogens with one attached hydrogen (secondary N) is 1. The smallest absolute Gasteiger partial charge is 0.328 e. The molecule has 6 nitrogen and oxygen atoms in total. The number of benzene rings is 3. The van der Waals surface area contributed by atoms with Crippen LogP contribution in [0.4, 0.5) is 0 Å². The Hall–Kier alpha value is -3.80. The summed E-state index contributed by atoms with van der Waals surface area (Å²) in [4.78, 5) is 24.8. The summed E-state index contributed by atoms with van der Waals surface area (Å²) in [5, 5.41) is 2.75. The van der Waals surface area contributed by atoms with Crippen molar-refractivity contribution in [3.63, 3.8) is 0 Å². The van der Waals surface area contributed by atoms with Gasteiger partial charge in [0.05, 0.1) is 14.2 Å². The molecule has 0 aliphatic carbocycles. The average Bonchev–Trinajstić information content (AvgIpc) is 2.83. The molecule has 31 heavy (non-hydrogen) atoms. The highest BCUT2D eigenvalue weighted by Crippen LogP contribution is 2.16. The number of methoxy groups -OCH3 is 2. The minimum atomic E-state index is -0.810. The quantitative estimate of drug-likeness (QED) is 0.534. The lowest BCUT2D eigenvalue weighted by Crippen LogP contribution is -2.43. The van der Waals surface area contributed by atoms with E-state index in [2.05, 4.69) is 5.32 Å². The fourth-order valence-corrected chi connectivity index (χ4v) is 3.02. The third kappa shape index (κ3) is 6.34. The molecule has 0 aliphatic heterocycles. The summed E-state index contributed by atoms with van der Waals surface area (Å²) < 4.78 is 15.8. The molecule has 1 N–H and O–H groups in total. The van der Waals surface area contributed by atoms with Crippen LogP contribution < -0.4 is 14.8 Å². The summed E-state index contributed by atoms with van der Waals surface area (Å²) >= 11 is 0. The van der Waals surface area contributed by atoms with Crippen molar-refractivity contribution in [3.8, 4) is 11.5 Å². The van der Waals surface area contributed by atoms with E-state index in [1.165, 1.54) is 7.11 Å². The maximum atomic E-state index is 12.6. The Kier molecular flexibility index (Phi) is 7.65. The van der Waals surface area contributed by atoms with Crippen LogP contribution in [0.15, 0.2) is 78.9 Å². The lowest BCUT2D eigenvalue weighted by atomic mass is 10.0. The van der Waals surface area contributed by atoms with Crippen LogP contribution in [0.5, 0.6) is 11.5 Å². The van der Waals surface area contributed by atoms with Crippen LogP contribution in [0.2, 0.25) is 0 Å². The van der Waals surface area contributed by atoms with Gasteiger partial charge in [-0.3, -0.25) is 4.79 Å². The molecule has 0 saturated heterocycles. The first-order valence-corrected chi connectivity index (χ1v) is 9.87. The van der Waals surface area contributed by atoms with Gasteiger partial charge < -0.3 is 19.5 Å². The van der Waals surface area contributed by atoms with E-state index in [1.807, 2.05) is 54.6 Å². The number of esters is 1. The summed E-state index contributed by atoms with van der Waals surface area (Å²) in [7, 11) is 2.86. The van der Waals surface area contributed by atoms with Crippen LogP contribution in [-0.2, 0) is 22.6 Å². The fourth-order valence-electron chi connectivity index (χ4n) is 3.02. The zero-order valence-corrected chi connectivity index (χ0v) is 17.5. The average molecular weight is 419 g/mol. The zero-order valence-electron chi connectivity index (χ0n) is 17.5. The molecule has 6 heteroatoms. The predicted octanol–water partition coefficient (Wildman–Crippen LogP) is 3.79. The molecule has 3 aromatic carbocycles. The third-order valence-electron chi connectivity index (χ3n) is 4.75. The van der Waals surface area contributed by atoms with Gasteiger partial charge in [-0.15, -0.1) is 0 Å². The molecule has 0 saturated carbocycles. The van der Waals surface area contributed by atoms with Crippen LogP contribution in [0.1, 0.15) is 21.5 Å². The van der Waals surface area contributed by atoms with Crippen molar-refractivity contribution in [2.24, 2.45) is 0 Å². The largest absolute Gasteiger partial charge is 0.497 e. The Morgan fingerprint density at radius 2 is 1.45 bits per heavy atom. The van der Waals surface area contributed by atoms with E-state index in [0.29, 0.717) is 24.3 Å². The van der Waals surface area contributed by atoms with Crippen molar-refractivity contribution in [1.29, 1.82) is 0 Å². The molecule has 0 aliphatic rings. The number of amides is 1. The highest BCUT2D eigenvalue weighted by atomic mass is 16.5. The van der Waals surface area contributed by atoms with E-state index in [4.69, 9.17) is 14.2 Å². The van der Waals surface area contributed by atoms with Crippen molar-refractivity contribution in [2.75, 3.05) is 14.2 Å². The molecule has 0 aromatic heterocycles. The second kappa shape index (κ2) is 10.8. The standard InChI is InChI=1S/C25H25NO5/c1-29-21-14-10-20(11-15-21)24(27)26-23(25(28)30-2)16-18-8-12-22(13-9-18)31-17-19-6-4-3-5-7-19/h3-15,23H,16-17H2,1-2H3,(H,26,27)/t23-/m0/s1. The van der Waals surface area contributed by atoms with Crippen LogP contribution in [0.3, 0.4) is 0 Å². The van der Waals surface area contributed by atoms with Gasteiger partial charge in [-0.05, 0) is 47.5 Å². The summed E-state index contributed by atoms with van der Waals surface area (Å²) in [6.45, 7) is 0.475. The Balaban J connectivity index is 1.62. The van der Waals surface area contributed by atoms with Crippen molar-refractivity contribution in [2.45, 2.75) is 19.1 Å². The topological polar surface area (TPSA) is 73.9 Å². The molecule has 1 atom stereocenters. The minimum Gasteiger partial charge on any atom is -0.497 e. The Bertz CT molecular complexity index is 985. The molecule has 3 rings (SSSR count). The summed E-state index contributed by atoms with van der Waals surface area (Å²) in [6, 6.07) is 23.2. The summed E-state index contributed by atoms with van der Waals surface area (Å²) in [5.74, 6) is 0.507. The lowest BCUT2D eigenvalue weighted by molar-refractivity contribution is -0.142. The van der Waals surface area contributed by atoms with Gasteiger partial charge in [-0.25, -0.2) is 4.79 Å². The SMILES string of the molecule is COC(=O)[C@H](Cc1ccc(OCc2ccccc2)cc1)NC(=O)c1ccc(OC)cc1. The van der Waals surface area contributed by atoms with Crippen molar-refractivity contribution >= 4 is 11.9 Å². The highest BCUT2D eigenvalue weighted by Gasteiger charge is 2.22. The number of hydrogen-bond acceptors (Lipinski definition) is 5. The predicted molar refractivity (Wildman–Crippen MR) is 117 cm³/mol. The van der Waals surface area contributed by atoms with Gasteiger partial charge in [0.25, 0.3) is 5.91 Å². The van der Waals surface area contributed by atoms with Crippen LogP contribution >= 0.6 is 0 Å². The van der Waals surface area contributed by atoms with E-state index in [0.717, 1.165) is 16.9 Å². The minimum absolute atomic E-state index is 0.299. The van der Waals surface area contributed by atoms with Crippen molar-refractivity contribution in [3.05, 3.63) is 95.6 Å². The molecule has 0 radical (unpaired) electrons. The Labute approximate surface area is 181 Å². The second-order valence-electron chi connectivity index (χ2n) is 6.90. The molecular weight excluding hydrogens is 394 g/mol. The molecule has 0 bridgehead atoms. The zero-order chi connectivity index (χ0) is 22.1. The summed E-state index contributed by atoms with van der Waals surface area (Å²) in [6.07, 6.45) is 0.299. The van der Waals surface area contributed by atoms with E-state index in [9.17, 15) is 9.59 Å². The van der Waals surface area contributed by atoms with Gasteiger partial charge in [0.2, 0.25) is 0 Å². The molecule has 0 unspecified atom stereocenters. The number of carbonyl (C=O) groups excluding carboxylic acids is 2. The van der Waals surface area contributed by atoms with Crippen molar-refractivity contribution < 1.29 is 23.8 Å². The normalized spacial score (nSPS) is 11.3. The summed E-state index contributed by atoms with van der Waals surface area (Å²) in [5.41, 5.74) is 2.38. The van der Waals surface area contributed by atoms with Gasteiger partial charge in [-0.2, -0.15) is 0 Å². The maximum Gasteiger partial charge on any atom is 0.328 e. The molecular formula is C25H25NO5. The number of ether oxygens (including phenoxy) is 3. The molecule has 160 valence electrons. The van der Waals surface area contributed by atoms with E-state index in [1.54, 1.807) is 31.4 Å². The van der Waals surface area contributed by atoms with Gasteiger partial charge in [0.1, 0.15) is 24.1 Å². The van der Waals surface area contributed by atoms with Gasteiger partial charge in [0.15, 0.2) is 0 Å². The Morgan fingerprint density at radius 1 is 0.806 bits per heavy atom. The number of rotatable bonds is 9. The number of hydrogen-bond donors (Lipinski definition) is 1. The molecule has 0 fully saturated rings. The van der Waals surface area contributed by atoms with E-state index in [-0.39, 0.29) is 5.91 Å². The molecule has 3 aromatic rings. The Morgan fingerprint density at radius 3 is 2.06 bits per heavy atom. The van der Waals surface area contributed by atoms with Gasteiger partial charge >= 0.3 is 5.97 Å². The first-order chi connectivity index (χ1) is 15.1. The van der Waals surface area contributed by atoms with Crippen LogP contribution in [0.25, 0.3) is 0 Å². The number of carbonyl (C=O) groups is 2. The third-order valence-corrected chi connectivity index (χ3v) is 4.75. The molecule has 1 amide bonds. The first-order valence-electron chi connectivity index (χ1n) is 9.87. The monoisotopic (exact) mass is 419 g/mol. The second-order valence-corrected chi connectivity index (χ2v) is 6.90. The molecule has 0 heterocycles.